The van der Waals surface area contributed by atoms with Crippen molar-refractivity contribution in [3.63, 3.8) is 0 Å². The van der Waals surface area contributed by atoms with Gasteiger partial charge in [0.1, 0.15) is 24.3 Å². The van der Waals surface area contributed by atoms with Crippen LogP contribution in [0.2, 0.25) is 0 Å². The van der Waals surface area contributed by atoms with Crippen LogP contribution in [-0.2, 0) is 35.3 Å². The normalized spacial score (nSPS) is 44.2. The molecule has 0 amide bonds. The molecule has 6 heteroatoms. The molecule has 0 aromatic heterocycles. The molecule has 1 aromatic rings. The zero-order valence-electron chi connectivity index (χ0n) is 39.2. The number of hydrogen-bond donors (Lipinski definition) is 0. The number of allylic oxidation sites excluding steroid dienone is 1. The Morgan fingerprint density at radius 2 is 1.35 bits per heavy atom. The van der Waals surface area contributed by atoms with Crippen LogP contribution in [0.25, 0.3) is 0 Å². The fourth-order valence-corrected chi connectivity index (χ4v) is 17.1. The molecule has 7 saturated carbocycles. The summed E-state index contributed by atoms with van der Waals surface area (Å²) < 4.78 is 12.3. The number of carbonyl (C=O) groups excluding carboxylic acids is 4. The van der Waals surface area contributed by atoms with Crippen LogP contribution >= 0.6 is 0 Å². The lowest BCUT2D eigenvalue weighted by molar-refractivity contribution is -0.250. The average Bonchev–Trinajstić information content (AvgIpc) is 3.58. The molecule has 0 saturated heterocycles. The van der Waals surface area contributed by atoms with Gasteiger partial charge in [-0.25, -0.2) is 0 Å². The lowest BCUT2D eigenvalue weighted by atomic mass is 9.32. The summed E-state index contributed by atoms with van der Waals surface area (Å²) in [6.45, 7) is 29.9. The molecule has 7 fully saturated rings. The van der Waals surface area contributed by atoms with Gasteiger partial charge in [-0.15, -0.1) is 0 Å². The first-order valence-corrected chi connectivity index (χ1v) is 24.1. The van der Waals surface area contributed by atoms with Crippen molar-refractivity contribution < 1.29 is 28.7 Å². The third-order valence-corrected chi connectivity index (χ3v) is 21.3. The maximum Gasteiger partial charge on any atom is 0.309 e. The maximum absolute atomic E-state index is 15.2. The third kappa shape index (κ3) is 6.25. The van der Waals surface area contributed by atoms with E-state index in [0.717, 1.165) is 56.9 Å². The summed E-state index contributed by atoms with van der Waals surface area (Å²) in [6, 6.07) is 9.88. The van der Waals surface area contributed by atoms with Crippen LogP contribution < -0.4 is 0 Å². The van der Waals surface area contributed by atoms with Crippen molar-refractivity contribution in [1.82, 2.24) is 0 Å². The first-order valence-electron chi connectivity index (χ1n) is 24.1. The highest BCUT2D eigenvalue weighted by Crippen LogP contribution is 2.78. The van der Waals surface area contributed by atoms with Gasteiger partial charge >= 0.3 is 11.9 Å². The van der Waals surface area contributed by atoms with Crippen molar-refractivity contribution in [3.05, 3.63) is 48.0 Å². The predicted octanol–water partition coefficient (Wildman–Crippen LogP) is 12.2. The van der Waals surface area contributed by atoms with E-state index in [1.807, 2.05) is 30.3 Å². The lowest BCUT2D eigenvalue weighted by Crippen LogP contribution is -2.67. The monoisotopic (exact) mass is 823 g/mol. The molecular formula is C54H78O6. The molecule has 8 rings (SSSR count). The number of esters is 2. The van der Waals surface area contributed by atoms with Crippen molar-refractivity contribution in [2.24, 2.45) is 91.2 Å². The third-order valence-electron chi connectivity index (χ3n) is 21.3. The van der Waals surface area contributed by atoms with Gasteiger partial charge in [0.05, 0.1) is 11.8 Å². The van der Waals surface area contributed by atoms with Crippen molar-refractivity contribution >= 4 is 23.5 Å². The zero-order valence-corrected chi connectivity index (χ0v) is 39.2. The van der Waals surface area contributed by atoms with E-state index in [1.165, 1.54) is 24.8 Å². The number of ketones is 2. The molecule has 1 unspecified atom stereocenters. The van der Waals surface area contributed by atoms with Crippen LogP contribution in [0.5, 0.6) is 0 Å². The summed E-state index contributed by atoms with van der Waals surface area (Å²) in [6.07, 6.45) is 12.5. The van der Waals surface area contributed by atoms with Crippen LogP contribution in [0.15, 0.2) is 42.5 Å². The van der Waals surface area contributed by atoms with E-state index >= 15 is 4.79 Å². The number of ether oxygens (including phenoxy) is 2. The highest BCUT2D eigenvalue weighted by Gasteiger charge is 2.72. The van der Waals surface area contributed by atoms with Crippen LogP contribution in [0.3, 0.4) is 0 Å². The van der Waals surface area contributed by atoms with Crippen molar-refractivity contribution in [1.29, 1.82) is 0 Å². The maximum atomic E-state index is 15.2. The summed E-state index contributed by atoms with van der Waals surface area (Å²) in [4.78, 5) is 54.5. The minimum Gasteiger partial charge on any atom is -0.462 e. The van der Waals surface area contributed by atoms with E-state index in [1.54, 1.807) is 6.92 Å². The average molecular weight is 823 g/mol. The number of hydrogen-bond acceptors (Lipinski definition) is 6. The second-order valence-electron chi connectivity index (χ2n) is 24.4. The van der Waals surface area contributed by atoms with Gasteiger partial charge in [-0.05, 0) is 159 Å². The number of Topliss-reactive ketones (excluding diaryl/α,β-unsaturated/α-hetero) is 2. The van der Waals surface area contributed by atoms with Crippen molar-refractivity contribution in [3.8, 4) is 0 Å². The molecule has 0 heterocycles. The number of fused-ring (bicyclic) bond motifs is 7. The SMILES string of the molecule is C=C(C)[C@@H]1CC[C@]2(C(=O)CC3C[C@H](C(=O)OCc4ccccc4)C3(C)C)CC[C@]3(C)[C@H](CC[C@@H]4[C@@]5(C)CC[C@H](OC(=O)[C@H]6C[C@@H](C(C)=O)C6(C)C)C(C)(C)[C@@H]5CC[C@]43C)[C@@H]12. The molecule has 7 aliphatic carbocycles. The van der Waals surface area contributed by atoms with E-state index in [2.05, 4.69) is 75.8 Å². The fraction of sp³-hybridized carbons (Fsp3) is 0.778. The Labute approximate surface area is 362 Å². The second-order valence-corrected chi connectivity index (χ2v) is 24.4. The van der Waals surface area contributed by atoms with E-state index in [0.29, 0.717) is 54.8 Å². The molecule has 0 N–H and O–H groups in total. The van der Waals surface area contributed by atoms with Crippen LogP contribution in [0, 0.1) is 91.2 Å². The highest BCUT2D eigenvalue weighted by atomic mass is 16.5. The Morgan fingerprint density at radius 3 is 1.98 bits per heavy atom. The lowest BCUT2D eigenvalue weighted by Gasteiger charge is -2.73. The summed E-state index contributed by atoms with van der Waals surface area (Å²) in [5.74, 6) is 2.35. The first kappa shape index (κ1) is 43.9. The minimum atomic E-state index is -0.350. The Bertz CT molecular complexity index is 1910. The molecule has 0 spiro atoms. The van der Waals surface area contributed by atoms with Gasteiger partial charge in [-0.3, -0.25) is 19.2 Å². The van der Waals surface area contributed by atoms with Gasteiger partial charge in [0.15, 0.2) is 0 Å². The Balaban J connectivity index is 0.982. The fourth-order valence-electron chi connectivity index (χ4n) is 17.1. The number of carbonyl (C=O) groups is 4. The molecule has 330 valence electrons. The van der Waals surface area contributed by atoms with E-state index in [4.69, 9.17) is 9.47 Å². The standard InChI is InChI=1S/C54H78O6/c1-32(2)36-20-25-54(43(56)29-35-28-39(48(35,4)5)46(57)59-31-34-16-14-13-15-17-34)27-26-52(11)37(45(36)54)18-19-42-51(10)23-22-44(50(8,9)41(51)21-24-53(42,52)12)60-47(58)40-30-38(33(3)55)49(40,6)7/h13-17,35-42,44-45H,1,18-31H2,2-12H3/t35?,36-,37+,38-,39+,40+,41-,42+,44-,45+,51-,52+,53+,54+/m0/s1. The Morgan fingerprint density at radius 1 is 0.667 bits per heavy atom. The van der Waals surface area contributed by atoms with E-state index < -0.39 is 0 Å². The molecule has 7 aliphatic rings. The van der Waals surface area contributed by atoms with Crippen molar-refractivity contribution in [2.75, 3.05) is 0 Å². The van der Waals surface area contributed by atoms with E-state index in [9.17, 15) is 14.4 Å². The topological polar surface area (TPSA) is 86.7 Å². The zero-order chi connectivity index (χ0) is 43.6. The van der Waals surface area contributed by atoms with Crippen LogP contribution in [0.1, 0.15) is 165 Å². The second kappa shape index (κ2) is 14.6. The van der Waals surface area contributed by atoms with Crippen LogP contribution in [0.4, 0.5) is 0 Å². The molecule has 14 atom stereocenters. The molecule has 0 radical (unpaired) electrons. The molecule has 60 heavy (non-hydrogen) atoms. The molecule has 6 nitrogen and oxygen atoms in total. The Hall–Kier alpha value is -2.76. The van der Waals surface area contributed by atoms with Gasteiger partial charge in [0.25, 0.3) is 0 Å². The minimum absolute atomic E-state index is 0.0612. The molecular weight excluding hydrogens is 745 g/mol. The summed E-state index contributed by atoms with van der Waals surface area (Å²) in [5, 5.41) is 0. The summed E-state index contributed by atoms with van der Waals surface area (Å²) in [5.41, 5.74) is 1.59. The summed E-state index contributed by atoms with van der Waals surface area (Å²) in [7, 11) is 0. The van der Waals surface area contributed by atoms with Crippen molar-refractivity contribution in [2.45, 2.75) is 172 Å². The summed E-state index contributed by atoms with van der Waals surface area (Å²) >= 11 is 0. The number of rotatable bonds is 10. The van der Waals surface area contributed by atoms with Gasteiger partial charge in [-0.1, -0.05) is 105 Å². The smallest absolute Gasteiger partial charge is 0.309 e. The largest absolute Gasteiger partial charge is 0.462 e. The Kier molecular flexibility index (Phi) is 10.7. The number of benzene rings is 1. The van der Waals surface area contributed by atoms with Gasteiger partial charge in [0.2, 0.25) is 0 Å². The van der Waals surface area contributed by atoms with Gasteiger partial charge < -0.3 is 9.47 Å². The molecule has 0 bridgehead atoms. The van der Waals surface area contributed by atoms with Crippen LogP contribution in [-0.4, -0.2) is 29.6 Å². The van der Waals surface area contributed by atoms with Gasteiger partial charge in [0, 0.05) is 23.2 Å². The predicted molar refractivity (Wildman–Crippen MR) is 236 cm³/mol. The molecule has 0 aliphatic heterocycles. The highest BCUT2D eigenvalue weighted by molar-refractivity contribution is 5.87. The first-order chi connectivity index (χ1) is 28.0. The van der Waals surface area contributed by atoms with Gasteiger partial charge in [-0.2, -0.15) is 0 Å². The quantitative estimate of drug-likeness (QED) is 0.173. The van der Waals surface area contributed by atoms with E-state index in [-0.39, 0.29) is 85.4 Å². The molecule has 1 aromatic carbocycles.